The lowest BCUT2D eigenvalue weighted by atomic mass is 9.85. The van der Waals surface area contributed by atoms with E-state index >= 15 is 0 Å². The topological polar surface area (TPSA) is 80.0 Å². The molecule has 0 radical (unpaired) electrons. The number of benzene rings is 1. The highest BCUT2D eigenvalue weighted by atomic mass is 32.1. The third-order valence-electron chi connectivity index (χ3n) is 5.17. The van der Waals surface area contributed by atoms with E-state index in [4.69, 9.17) is 10.7 Å². The van der Waals surface area contributed by atoms with E-state index < -0.39 is 11.4 Å². The lowest BCUT2D eigenvalue weighted by Crippen LogP contribution is -2.60. The number of rotatable bonds is 3. The van der Waals surface area contributed by atoms with Crippen molar-refractivity contribution in [3.63, 3.8) is 0 Å². The fourth-order valence-electron chi connectivity index (χ4n) is 3.49. The number of halogens is 1. The lowest BCUT2D eigenvalue weighted by Gasteiger charge is -2.41. The van der Waals surface area contributed by atoms with E-state index in [1.165, 1.54) is 22.3 Å². The smallest absolute Gasteiger partial charge is 0.231 e. The zero-order chi connectivity index (χ0) is 18.5. The number of nitrogens with one attached hydrogen (secondary N) is 2. The summed E-state index contributed by atoms with van der Waals surface area (Å²) in [5.74, 6) is -0.144. The Balaban J connectivity index is 1.73. The minimum absolute atomic E-state index is 0.0173. The Morgan fingerprint density at radius 1 is 1.38 bits per heavy atom. The van der Waals surface area contributed by atoms with Crippen LogP contribution in [0.5, 0.6) is 0 Å². The maximum atomic E-state index is 13.6. The van der Waals surface area contributed by atoms with Crippen LogP contribution in [0.1, 0.15) is 29.7 Å². The number of hydrogen-bond donors (Lipinski definition) is 2. The van der Waals surface area contributed by atoms with Crippen molar-refractivity contribution in [3.05, 3.63) is 46.6 Å². The Morgan fingerprint density at radius 3 is 2.81 bits per heavy atom. The van der Waals surface area contributed by atoms with Crippen LogP contribution in [0, 0.1) is 28.5 Å². The molecule has 1 aliphatic carbocycles. The van der Waals surface area contributed by atoms with Gasteiger partial charge in [0.25, 0.3) is 0 Å². The molecule has 7 heteroatoms. The van der Waals surface area contributed by atoms with E-state index in [9.17, 15) is 9.18 Å². The van der Waals surface area contributed by atoms with Crippen LogP contribution in [0.25, 0.3) is 10.4 Å². The molecule has 5 nitrogen and oxygen atoms in total. The van der Waals surface area contributed by atoms with Crippen LogP contribution in [0.2, 0.25) is 0 Å². The van der Waals surface area contributed by atoms with E-state index in [1.807, 2.05) is 18.2 Å². The molecule has 1 aliphatic heterocycles. The first-order chi connectivity index (χ1) is 12.4. The first-order valence-electron chi connectivity index (χ1n) is 8.38. The van der Waals surface area contributed by atoms with E-state index in [-0.39, 0.29) is 17.4 Å². The lowest BCUT2D eigenvalue weighted by molar-refractivity contribution is -0.130. The van der Waals surface area contributed by atoms with Crippen LogP contribution in [-0.4, -0.2) is 23.8 Å². The molecule has 4 rings (SSSR count). The highest BCUT2D eigenvalue weighted by Crippen LogP contribution is 2.51. The summed E-state index contributed by atoms with van der Waals surface area (Å²) < 4.78 is 13.6. The monoisotopic (exact) mass is 368 g/mol. The van der Waals surface area contributed by atoms with Gasteiger partial charge in [-0.3, -0.25) is 15.1 Å². The molecule has 1 saturated heterocycles. The molecule has 1 aromatic heterocycles. The van der Waals surface area contributed by atoms with Crippen molar-refractivity contribution in [2.24, 2.45) is 5.92 Å². The standard InChI is InChI=1S/C19H17FN4OS/c1-24-17(25)9-19(13-3-4-13,23-18(24)22)16-7-6-15(26-16)11-2-5-14(20)12(8-11)10-21/h2,5-8,13H,3-4,9H2,1H3,(H2,22,23). The van der Waals surface area contributed by atoms with E-state index in [2.05, 4.69) is 5.32 Å². The van der Waals surface area contributed by atoms with E-state index in [1.54, 1.807) is 19.2 Å². The number of carbonyl (C=O) groups excluding carboxylic acids is 1. The molecule has 1 unspecified atom stereocenters. The molecule has 0 bridgehead atoms. The van der Waals surface area contributed by atoms with Gasteiger partial charge in [-0.15, -0.1) is 11.3 Å². The van der Waals surface area contributed by atoms with Crippen LogP contribution >= 0.6 is 11.3 Å². The summed E-state index contributed by atoms with van der Waals surface area (Å²) in [6.45, 7) is 0. The molecule has 0 spiro atoms. The Labute approximate surface area is 154 Å². The van der Waals surface area contributed by atoms with Crippen molar-refractivity contribution in [1.82, 2.24) is 10.2 Å². The summed E-state index contributed by atoms with van der Waals surface area (Å²) in [6.07, 6.45) is 2.38. The molecule has 132 valence electrons. The number of guanidine groups is 1. The highest BCUT2D eigenvalue weighted by Gasteiger charge is 2.52. The molecular weight excluding hydrogens is 351 g/mol. The minimum Gasteiger partial charge on any atom is -0.345 e. The number of amides is 1. The molecule has 1 aromatic carbocycles. The normalized spacial score (nSPS) is 22.9. The average Bonchev–Trinajstić information content (AvgIpc) is 3.37. The summed E-state index contributed by atoms with van der Waals surface area (Å²) in [6, 6.07) is 10.3. The van der Waals surface area contributed by atoms with Crippen LogP contribution in [-0.2, 0) is 10.3 Å². The summed E-state index contributed by atoms with van der Waals surface area (Å²) >= 11 is 1.53. The summed E-state index contributed by atoms with van der Waals surface area (Å²) in [4.78, 5) is 15.7. The Hall–Kier alpha value is -2.72. The third-order valence-corrected chi connectivity index (χ3v) is 6.48. The molecule has 1 saturated carbocycles. The fraction of sp³-hybridized carbons (Fsp3) is 0.316. The zero-order valence-corrected chi connectivity index (χ0v) is 15.0. The van der Waals surface area contributed by atoms with Crippen molar-refractivity contribution in [3.8, 4) is 16.5 Å². The third kappa shape index (κ3) is 2.58. The minimum atomic E-state index is -0.540. The van der Waals surface area contributed by atoms with Gasteiger partial charge in [0.2, 0.25) is 5.91 Å². The van der Waals surface area contributed by atoms with Gasteiger partial charge in [-0.2, -0.15) is 5.26 Å². The van der Waals surface area contributed by atoms with Crippen molar-refractivity contribution >= 4 is 23.2 Å². The molecular formula is C19H17FN4OS. The second-order valence-corrected chi connectivity index (χ2v) is 7.90. The SMILES string of the molecule is CN1C(=N)NC(c2ccc(-c3ccc(F)c(C#N)c3)s2)(C2CC2)CC1=O. The zero-order valence-electron chi connectivity index (χ0n) is 14.2. The van der Waals surface area contributed by atoms with Gasteiger partial charge in [-0.05, 0) is 48.6 Å². The average molecular weight is 368 g/mol. The molecule has 2 aromatic rings. The van der Waals surface area contributed by atoms with Crippen LogP contribution in [0.3, 0.4) is 0 Å². The summed E-state index contributed by atoms with van der Waals surface area (Å²) in [5.41, 5.74) is 0.255. The van der Waals surface area contributed by atoms with Crippen molar-refractivity contribution in [1.29, 1.82) is 10.7 Å². The maximum Gasteiger partial charge on any atom is 0.231 e. The van der Waals surface area contributed by atoms with Crippen LogP contribution in [0.15, 0.2) is 30.3 Å². The number of nitriles is 1. The van der Waals surface area contributed by atoms with Gasteiger partial charge in [0.15, 0.2) is 5.96 Å². The number of carbonyl (C=O) groups is 1. The Bertz CT molecular complexity index is 939. The number of thiophene rings is 1. The molecule has 2 heterocycles. The van der Waals surface area contributed by atoms with Gasteiger partial charge in [0.05, 0.1) is 17.5 Å². The molecule has 2 N–H and O–H groups in total. The van der Waals surface area contributed by atoms with Gasteiger partial charge in [0, 0.05) is 16.8 Å². The van der Waals surface area contributed by atoms with Crippen molar-refractivity contribution in [2.75, 3.05) is 7.05 Å². The Kier molecular flexibility index (Phi) is 3.81. The quantitative estimate of drug-likeness (QED) is 0.871. The number of hydrogen-bond acceptors (Lipinski definition) is 4. The molecule has 26 heavy (non-hydrogen) atoms. The van der Waals surface area contributed by atoms with Gasteiger partial charge >= 0.3 is 0 Å². The summed E-state index contributed by atoms with van der Waals surface area (Å²) in [5, 5.41) is 20.4. The van der Waals surface area contributed by atoms with Gasteiger partial charge in [-0.1, -0.05) is 6.07 Å². The van der Waals surface area contributed by atoms with E-state index in [0.29, 0.717) is 12.3 Å². The molecule has 2 aliphatic rings. The van der Waals surface area contributed by atoms with Crippen LogP contribution in [0.4, 0.5) is 4.39 Å². The Morgan fingerprint density at radius 2 is 2.15 bits per heavy atom. The first kappa shape index (κ1) is 16.7. The largest absolute Gasteiger partial charge is 0.345 e. The van der Waals surface area contributed by atoms with Crippen LogP contribution < -0.4 is 5.32 Å². The predicted octanol–water partition coefficient (Wildman–Crippen LogP) is 3.42. The number of nitrogens with zero attached hydrogens (tertiary/aromatic N) is 2. The molecule has 2 fully saturated rings. The van der Waals surface area contributed by atoms with Gasteiger partial charge in [-0.25, -0.2) is 4.39 Å². The molecule has 1 amide bonds. The second kappa shape index (κ2) is 5.92. The van der Waals surface area contributed by atoms with Crippen molar-refractivity contribution < 1.29 is 9.18 Å². The maximum absolute atomic E-state index is 13.6. The van der Waals surface area contributed by atoms with Crippen molar-refractivity contribution in [2.45, 2.75) is 24.8 Å². The predicted molar refractivity (Wildman–Crippen MR) is 97.1 cm³/mol. The first-order valence-corrected chi connectivity index (χ1v) is 9.20. The van der Waals surface area contributed by atoms with Gasteiger partial charge in [0.1, 0.15) is 11.9 Å². The highest BCUT2D eigenvalue weighted by molar-refractivity contribution is 7.15. The fourth-order valence-corrected chi connectivity index (χ4v) is 4.72. The summed E-state index contributed by atoms with van der Waals surface area (Å²) in [7, 11) is 1.61. The van der Waals surface area contributed by atoms with E-state index in [0.717, 1.165) is 28.2 Å². The van der Waals surface area contributed by atoms with Gasteiger partial charge < -0.3 is 5.32 Å². The molecule has 1 atom stereocenters. The second-order valence-electron chi connectivity index (χ2n) is 6.82.